The molecule has 1 aromatic carbocycles. The van der Waals surface area contributed by atoms with Gasteiger partial charge in [0.1, 0.15) is 11.4 Å². The van der Waals surface area contributed by atoms with Crippen LogP contribution in [0, 0.1) is 6.57 Å². The fourth-order valence-corrected chi connectivity index (χ4v) is 3.19. The molecule has 1 aliphatic heterocycles. The molecule has 0 aliphatic carbocycles. The summed E-state index contributed by atoms with van der Waals surface area (Å²) in [6.45, 7) is 13.3. The summed E-state index contributed by atoms with van der Waals surface area (Å²) in [5.41, 5.74) is -0.759. The van der Waals surface area contributed by atoms with Gasteiger partial charge in [0.15, 0.2) is 5.69 Å². The number of hydrogen-bond acceptors (Lipinski definition) is 3. The lowest BCUT2D eigenvalue weighted by atomic mass is 10.0. The van der Waals surface area contributed by atoms with Crippen molar-refractivity contribution in [3.05, 3.63) is 58.5 Å². The number of nitrogens with zero attached hydrogens (tertiary/aromatic N) is 4. The normalized spacial score (nSPS) is 14.3. The van der Waals surface area contributed by atoms with Gasteiger partial charge in [-0.1, -0.05) is 12.1 Å². The van der Waals surface area contributed by atoms with Gasteiger partial charge in [-0.25, -0.2) is 14.6 Å². The van der Waals surface area contributed by atoms with Gasteiger partial charge in [-0.05, 0) is 32.4 Å². The average Bonchev–Trinajstić information content (AvgIpc) is 3.02. The first kappa shape index (κ1) is 20.7. The topological polar surface area (TPSA) is 51.7 Å². The molecule has 0 atom stereocenters. The first-order chi connectivity index (χ1) is 13.5. The van der Waals surface area contributed by atoms with Crippen LogP contribution in [0.5, 0.6) is 0 Å². The van der Waals surface area contributed by atoms with E-state index in [9.17, 15) is 18.0 Å². The number of hydrogen-bond donors (Lipinski definition) is 0. The fraction of sp³-hybridized carbons (Fsp3) is 0.450. The molecule has 0 N–H and O–H groups in total. The Hall–Kier alpha value is -3.02. The molecular formula is C20H21F3N4O2. The van der Waals surface area contributed by atoms with Crippen LogP contribution >= 0.6 is 0 Å². The molecule has 0 bridgehead atoms. The van der Waals surface area contributed by atoms with Crippen molar-refractivity contribution < 1.29 is 22.7 Å². The zero-order valence-corrected chi connectivity index (χ0v) is 16.4. The van der Waals surface area contributed by atoms with Crippen molar-refractivity contribution in [3.8, 4) is 0 Å². The molecule has 3 rings (SSSR count). The van der Waals surface area contributed by atoms with Crippen LogP contribution in [-0.2, 0) is 30.4 Å². The van der Waals surface area contributed by atoms with E-state index in [0.29, 0.717) is 24.6 Å². The van der Waals surface area contributed by atoms with Gasteiger partial charge >= 0.3 is 12.3 Å². The largest absolute Gasteiger partial charge is 0.444 e. The highest BCUT2D eigenvalue weighted by molar-refractivity contribution is 5.68. The van der Waals surface area contributed by atoms with E-state index in [0.717, 1.165) is 6.07 Å². The molecule has 29 heavy (non-hydrogen) atoms. The van der Waals surface area contributed by atoms with Crippen LogP contribution in [0.15, 0.2) is 24.4 Å². The number of fused-ring (bicyclic) bond motifs is 1. The number of ether oxygens (including phenoxy) is 1. The zero-order valence-electron chi connectivity index (χ0n) is 16.4. The maximum atomic E-state index is 13.4. The van der Waals surface area contributed by atoms with E-state index in [1.165, 1.54) is 23.2 Å². The van der Waals surface area contributed by atoms with Crippen LogP contribution < -0.4 is 0 Å². The molecule has 1 aliphatic rings. The lowest BCUT2D eigenvalue weighted by Crippen LogP contribution is -2.41. The third kappa shape index (κ3) is 4.70. The second-order valence-electron chi connectivity index (χ2n) is 7.85. The van der Waals surface area contributed by atoms with Crippen molar-refractivity contribution in [1.29, 1.82) is 0 Å². The van der Waals surface area contributed by atoms with Crippen molar-refractivity contribution in [2.75, 3.05) is 6.54 Å². The van der Waals surface area contributed by atoms with Gasteiger partial charge < -0.3 is 9.30 Å². The average molecular weight is 406 g/mol. The molecule has 1 amide bonds. The smallest absolute Gasteiger partial charge is 0.415 e. The highest BCUT2D eigenvalue weighted by Gasteiger charge is 2.34. The molecule has 9 heteroatoms. The molecule has 154 valence electrons. The first-order valence-electron chi connectivity index (χ1n) is 9.07. The van der Waals surface area contributed by atoms with E-state index < -0.39 is 23.4 Å². The van der Waals surface area contributed by atoms with E-state index in [1.807, 2.05) is 4.57 Å². The summed E-state index contributed by atoms with van der Waals surface area (Å²) in [4.78, 5) is 21.2. The Morgan fingerprint density at radius 1 is 1.28 bits per heavy atom. The zero-order chi connectivity index (χ0) is 21.4. The number of carbonyl (C=O) groups is 1. The Morgan fingerprint density at radius 3 is 2.62 bits per heavy atom. The number of alkyl halides is 3. The predicted octanol–water partition coefficient (Wildman–Crippen LogP) is 4.79. The third-order valence-corrected chi connectivity index (χ3v) is 4.50. The quantitative estimate of drug-likeness (QED) is 0.674. The van der Waals surface area contributed by atoms with Gasteiger partial charge in [-0.15, -0.1) is 0 Å². The van der Waals surface area contributed by atoms with E-state index in [1.54, 1.807) is 20.8 Å². The van der Waals surface area contributed by atoms with E-state index in [-0.39, 0.29) is 24.2 Å². The summed E-state index contributed by atoms with van der Waals surface area (Å²) in [7, 11) is 0. The standard InChI is InChI=1S/C20H21F3N4O2/c1-19(2,3)29-18(28)26-7-8-27-15(11-25-17(27)12-26)9-13-5-6-14(24-4)10-16(13)20(21,22)23/h5-6,10-11H,7-9,12H2,1-3H3. The summed E-state index contributed by atoms with van der Waals surface area (Å²) in [6, 6.07) is 3.60. The number of rotatable bonds is 2. The Bertz CT molecular complexity index is 968. The molecular weight excluding hydrogens is 385 g/mol. The second kappa shape index (κ2) is 7.43. The van der Waals surface area contributed by atoms with Crippen LogP contribution in [0.3, 0.4) is 0 Å². The maximum absolute atomic E-state index is 13.4. The molecule has 0 saturated heterocycles. The number of aromatic nitrogens is 2. The molecule has 0 saturated carbocycles. The van der Waals surface area contributed by atoms with Gasteiger partial charge in [-0.3, -0.25) is 4.90 Å². The molecule has 1 aromatic heterocycles. The lowest BCUT2D eigenvalue weighted by molar-refractivity contribution is -0.138. The summed E-state index contributed by atoms with van der Waals surface area (Å²) < 4.78 is 47.5. The summed E-state index contributed by atoms with van der Waals surface area (Å²) in [5.74, 6) is 0.600. The molecule has 2 heterocycles. The van der Waals surface area contributed by atoms with Gasteiger partial charge in [0.2, 0.25) is 0 Å². The Morgan fingerprint density at radius 2 is 2.00 bits per heavy atom. The van der Waals surface area contributed by atoms with Crippen LogP contribution in [0.2, 0.25) is 0 Å². The Kier molecular flexibility index (Phi) is 5.30. The van der Waals surface area contributed by atoms with Gasteiger partial charge in [0.25, 0.3) is 0 Å². The highest BCUT2D eigenvalue weighted by Crippen LogP contribution is 2.35. The van der Waals surface area contributed by atoms with Crippen molar-refractivity contribution in [3.63, 3.8) is 0 Å². The molecule has 0 radical (unpaired) electrons. The SMILES string of the molecule is [C-]#[N+]c1ccc(Cc2cnc3n2CCN(C(=O)OC(C)(C)C)C3)c(C(F)(F)F)c1. The van der Waals surface area contributed by atoms with E-state index >= 15 is 0 Å². The minimum atomic E-state index is -4.55. The number of halogens is 3. The van der Waals surface area contributed by atoms with Crippen molar-refractivity contribution in [1.82, 2.24) is 14.5 Å². The molecule has 6 nitrogen and oxygen atoms in total. The molecule has 0 unspecified atom stereocenters. The van der Waals surface area contributed by atoms with Crippen LogP contribution in [0.25, 0.3) is 4.85 Å². The minimum absolute atomic E-state index is 0.0343. The summed E-state index contributed by atoms with van der Waals surface area (Å²) in [5, 5.41) is 0. The number of benzene rings is 1. The fourth-order valence-electron chi connectivity index (χ4n) is 3.19. The maximum Gasteiger partial charge on any atom is 0.415 e. The Balaban J connectivity index is 1.82. The summed E-state index contributed by atoms with van der Waals surface area (Å²) >= 11 is 0. The van der Waals surface area contributed by atoms with Crippen LogP contribution in [0.4, 0.5) is 23.7 Å². The first-order valence-corrected chi connectivity index (χ1v) is 9.07. The summed E-state index contributed by atoms with van der Waals surface area (Å²) in [6.07, 6.45) is -3.42. The molecule has 0 fully saturated rings. The molecule has 2 aromatic rings. The van der Waals surface area contributed by atoms with Crippen molar-refractivity contribution in [2.24, 2.45) is 0 Å². The number of imidazole rings is 1. The van der Waals surface area contributed by atoms with Crippen LogP contribution in [0.1, 0.15) is 43.4 Å². The highest BCUT2D eigenvalue weighted by atomic mass is 19.4. The van der Waals surface area contributed by atoms with Crippen LogP contribution in [-0.4, -0.2) is 32.7 Å². The van der Waals surface area contributed by atoms with Gasteiger partial charge in [0, 0.05) is 37.0 Å². The predicted molar refractivity (Wildman–Crippen MR) is 99.4 cm³/mol. The van der Waals surface area contributed by atoms with Gasteiger partial charge in [-0.2, -0.15) is 13.2 Å². The monoisotopic (exact) mass is 406 g/mol. The van der Waals surface area contributed by atoms with E-state index in [4.69, 9.17) is 11.3 Å². The van der Waals surface area contributed by atoms with Crippen molar-refractivity contribution in [2.45, 2.75) is 52.1 Å². The molecule has 0 spiro atoms. The van der Waals surface area contributed by atoms with Gasteiger partial charge in [0.05, 0.1) is 13.1 Å². The van der Waals surface area contributed by atoms with Crippen molar-refractivity contribution >= 4 is 11.8 Å². The lowest BCUT2D eigenvalue weighted by Gasteiger charge is -2.31. The minimum Gasteiger partial charge on any atom is -0.444 e. The number of amides is 1. The Labute approximate surface area is 166 Å². The third-order valence-electron chi connectivity index (χ3n) is 4.50. The van der Waals surface area contributed by atoms with E-state index in [2.05, 4.69) is 9.83 Å². The number of carbonyl (C=O) groups excluding carboxylic acids is 1. The second-order valence-corrected chi connectivity index (χ2v) is 7.85.